The number of hydrazine groups is 1. The number of aromatic nitrogens is 1. The molecule has 1 aromatic heterocycles. The van der Waals surface area contributed by atoms with Gasteiger partial charge in [-0.3, -0.25) is 30.0 Å². The third kappa shape index (κ3) is 7.59. The fourth-order valence-corrected chi connectivity index (χ4v) is 2.65. The molecule has 2 amide bonds. The average molecular weight is 479 g/mol. The number of carbonyl (C=O) groups is 5. The van der Waals surface area contributed by atoms with Crippen LogP contribution in [0.5, 0.6) is 11.5 Å². The highest BCUT2D eigenvalue weighted by Gasteiger charge is 2.18. The van der Waals surface area contributed by atoms with Crippen LogP contribution in [-0.2, 0) is 24.0 Å². The van der Waals surface area contributed by atoms with E-state index in [1.807, 2.05) is 5.43 Å². The lowest BCUT2D eigenvalue weighted by Gasteiger charge is -2.11. The molecule has 0 bridgehead atoms. The van der Waals surface area contributed by atoms with Crippen LogP contribution in [0.4, 0.5) is 5.13 Å². The zero-order chi connectivity index (χ0) is 24.5. The first-order valence-electron chi connectivity index (χ1n) is 8.81. The Morgan fingerprint density at radius 2 is 1.76 bits per heavy atom. The van der Waals surface area contributed by atoms with Crippen molar-refractivity contribution in [2.24, 2.45) is 5.16 Å². The van der Waals surface area contributed by atoms with E-state index in [4.69, 9.17) is 25.2 Å². The SMILES string of the molecule is CC(=O)Oc1ccc(C(=O)NNC(=O)CO/N=C(\C(=O)O)c2csc(N)n2)cc1OC(C)=O. The van der Waals surface area contributed by atoms with Gasteiger partial charge in [0.15, 0.2) is 23.2 Å². The van der Waals surface area contributed by atoms with Crippen LogP contribution in [-0.4, -0.2) is 52.1 Å². The Labute approximate surface area is 189 Å². The molecule has 0 aliphatic carbocycles. The predicted molar refractivity (Wildman–Crippen MR) is 111 cm³/mol. The van der Waals surface area contributed by atoms with E-state index in [1.54, 1.807) is 0 Å². The van der Waals surface area contributed by atoms with Crippen LogP contribution in [0.25, 0.3) is 0 Å². The smallest absolute Gasteiger partial charge is 0.360 e. The van der Waals surface area contributed by atoms with Crippen molar-refractivity contribution in [3.63, 3.8) is 0 Å². The summed E-state index contributed by atoms with van der Waals surface area (Å²) in [6.45, 7) is 1.53. The van der Waals surface area contributed by atoms with Crippen molar-refractivity contribution in [2.75, 3.05) is 12.3 Å². The summed E-state index contributed by atoms with van der Waals surface area (Å²) in [6.07, 6.45) is 0. The van der Waals surface area contributed by atoms with Gasteiger partial charge in [-0.2, -0.15) is 0 Å². The number of nitrogen functional groups attached to an aromatic ring is 1. The number of nitrogens with two attached hydrogens (primary N) is 1. The van der Waals surface area contributed by atoms with Gasteiger partial charge in [0.2, 0.25) is 5.71 Å². The van der Waals surface area contributed by atoms with Crippen molar-refractivity contribution in [3.8, 4) is 11.5 Å². The van der Waals surface area contributed by atoms with Crippen molar-refractivity contribution in [1.29, 1.82) is 0 Å². The minimum absolute atomic E-state index is 0.0421. The molecule has 0 aliphatic rings. The molecule has 174 valence electrons. The molecular weight excluding hydrogens is 462 g/mol. The maximum atomic E-state index is 12.2. The van der Waals surface area contributed by atoms with Crippen molar-refractivity contribution in [3.05, 3.63) is 34.8 Å². The van der Waals surface area contributed by atoms with Gasteiger partial charge >= 0.3 is 17.9 Å². The molecule has 1 aromatic carbocycles. The first-order valence-corrected chi connectivity index (χ1v) is 9.69. The quantitative estimate of drug-likeness (QED) is 0.169. The number of carboxylic acid groups (broad SMARTS) is 1. The lowest BCUT2D eigenvalue weighted by Crippen LogP contribution is -2.43. The summed E-state index contributed by atoms with van der Waals surface area (Å²) in [5.41, 5.74) is 8.89. The van der Waals surface area contributed by atoms with Crippen LogP contribution in [0.3, 0.4) is 0 Å². The maximum Gasteiger partial charge on any atom is 0.360 e. The third-order valence-electron chi connectivity index (χ3n) is 3.35. The molecule has 5 N–H and O–H groups in total. The summed E-state index contributed by atoms with van der Waals surface area (Å²) in [5.74, 6) is -4.77. The van der Waals surface area contributed by atoms with Crippen LogP contribution in [0.1, 0.15) is 29.9 Å². The number of thiazole rings is 1. The Morgan fingerprint density at radius 3 is 2.33 bits per heavy atom. The van der Waals surface area contributed by atoms with Crippen molar-refractivity contribution in [2.45, 2.75) is 13.8 Å². The van der Waals surface area contributed by atoms with Crippen molar-refractivity contribution < 1.29 is 43.4 Å². The van der Waals surface area contributed by atoms with Gasteiger partial charge in [0.1, 0.15) is 5.69 Å². The topological polar surface area (TPSA) is 209 Å². The van der Waals surface area contributed by atoms with Gasteiger partial charge in [-0.05, 0) is 18.2 Å². The molecular formula is C18H17N5O9S. The Morgan fingerprint density at radius 1 is 1.09 bits per heavy atom. The summed E-state index contributed by atoms with van der Waals surface area (Å²) in [4.78, 5) is 66.1. The predicted octanol–water partition coefficient (Wildman–Crippen LogP) is -0.158. The summed E-state index contributed by atoms with van der Waals surface area (Å²) >= 11 is 0.995. The standard InChI is InChI=1S/C18H17N5O9S/c1-8(24)31-12-4-3-10(5-13(12)32-9(2)25)16(27)22-21-14(26)6-30-23-15(17(28)29)11-7-33-18(19)20-11/h3-5,7H,6H2,1-2H3,(H2,19,20)(H,21,26)(H,22,27)(H,28,29)/b23-15-. The lowest BCUT2D eigenvalue weighted by atomic mass is 10.2. The highest BCUT2D eigenvalue weighted by molar-refractivity contribution is 7.13. The van der Waals surface area contributed by atoms with Crippen LogP contribution < -0.4 is 26.1 Å². The van der Waals surface area contributed by atoms with Gasteiger partial charge in [0.25, 0.3) is 11.8 Å². The number of oxime groups is 1. The van der Waals surface area contributed by atoms with E-state index in [0.29, 0.717) is 0 Å². The number of hydrogen-bond acceptors (Lipinski definition) is 12. The van der Waals surface area contributed by atoms with Crippen LogP contribution in [0.15, 0.2) is 28.7 Å². The third-order valence-corrected chi connectivity index (χ3v) is 4.02. The molecule has 0 spiro atoms. The van der Waals surface area contributed by atoms with Crippen LogP contribution in [0, 0.1) is 0 Å². The summed E-state index contributed by atoms with van der Waals surface area (Å²) in [5, 5.41) is 14.0. The number of hydrogen-bond donors (Lipinski definition) is 4. The number of ether oxygens (including phenoxy) is 2. The van der Waals surface area contributed by atoms with E-state index in [2.05, 4.69) is 15.6 Å². The van der Waals surface area contributed by atoms with Gasteiger partial charge in [0.05, 0.1) is 0 Å². The first kappa shape index (κ1) is 24.7. The van der Waals surface area contributed by atoms with Gasteiger partial charge in [-0.1, -0.05) is 5.16 Å². The molecule has 0 atom stereocenters. The summed E-state index contributed by atoms with van der Waals surface area (Å²) in [6, 6.07) is 3.61. The highest BCUT2D eigenvalue weighted by Crippen LogP contribution is 2.28. The van der Waals surface area contributed by atoms with Gasteiger partial charge in [0, 0.05) is 24.8 Å². The molecule has 0 fully saturated rings. The molecule has 33 heavy (non-hydrogen) atoms. The molecule has 0 aliphatic heterocycles. The van der Waals surface area contributed by atoms with Crippen LogP contribution in [0.2, 0.25) is 0 Å². The fraction of sp³-hybridized carbons (Fsp3) is 0.167. The second-order valence-electron chi connectivity index (χ2n) is 5.94. The monoisotopic (exact) mass is 479 g/mol. The number of nitrogens with one attached hydrogen (secondary N) is 2. The molecule has 2 rings (SSSR count). The summed E-state index contributed by atoms with van der Waals surface area (Å²) < 4.78 is 9.81. The normalized spacial score (nSPS) is 10.7. The van der Waals surface area contributed by atoms with E-state index < -0.39 is 42.0 Å². The Hall–Kier alpha value is -4.53. The van der Waals surface area contributed by atoms with Crippen LogP contribution >= 0.6 is 11.3 Å². The highest BCUT2D eigenvalue weighted by atomic mass is 32.1. The number of aliphatic carboxylic acids is 1. The number of carboxylic acids is 1. The second kappa shape index (κ2) is 11.2. The van der Waals surface area contributed by atoms with Crippen molar-refractivity contribution >= 4 is 51.9 Å². The minimum Gasteiger partial charge on any atom is -0.476 e. The maximum absolute atomic E-state index is 12.2. The number of rotatable bonds is 8. The minimum atomic E-state index is -1.45. The fourth-order valence-electron chi connectivity index (χ4n) is 2.11. The van der Waals surface area contributed by atoms with Gasteiger partial charge in [-0.25, -0.2) is 9.78 Å². The molecule has 0 saturated carbocycles. The molecule has 1 heterocycles. The molecule has 0 radical (unpaired) electrons. The molecule has 2 aromatic rings. The van der Waals surface area contributed by atoms with Gasteiger partial charge < -0.3 is 25.2 Å². The number of amides is 2. The van der Waals surface area contributed by atoms with E-state index in [1.165, 1.54) is 17.5 Å². The summed E-state index contributed by atoms with van der Waals surface area (Å²) in [7, 11) is 0. The Bertz CT molecular complexity index is 1130. The number of nitrogens with zero attached hydrogens (tertiary/aromatic N) is 2. The molecule has 0 saturated heterocycles. The lowest BCUT2D eigenvalue weighted by molar-refractivity contribution is -0.134. The molecule has 14 nitrogen and oxygen atoms in total. The van der Waals surface area contributed by atoms with Gasteiger partial charge in [-0.15, -0.1) is 11.3 Å². The largest absolute Gasteiger partial charge is 0.476 e. The van der Waals surface area contributed by atoms with E-state index in [9.17, 15) is 24.0 Å². The number of anilines is 1. The zero-order valence-corrected chi connectivity index (χ0v) is 17.9. The zero-order valence-electron chi connectivity index (χ0n) is 17.1. The Kier molecular flexibility index (Phi) is 8.39. The number of esters is 2. The first-order chi connectivity index (χ1) is 15.6. The number of carbonyl (C=O) groups excluding carboxylic acids is 4. The second-order valence-corrected chi connectivity index (χ2v) is 6.83. The van der Waals surface area contributed by atoms with E-state index in [-0.39, 0.29) is 27.9 Å². The average Bonchev–Trinajstić information content (AvgIpc) is 3.15. The van der Waals surface area contributed by atoms with E-state index in [0.717, 1.165) is 31.3 Å². The van der Waals surface area contributed by atoms with E-state index >= 15 is 0 Å². The number of benzene rings is 1. The Balaban J connectivity index is 1.96. The van der Waals surface area contributed by atoms with Crippen molar-refractivity contribution in [1.82, 2.24) is 15.8 Å². The molecule has 0 unspecified atom stereocenters. The molecule has 15 heteroatoms.